The number of rotatable bonds is 6. The molecule has 6 heteroatoms. The molecule has 1 fully saturated rings. The van der Waals surface area contributed by atoms with Crippen LogP contribution in [0, 0.1) is 0 Å². The Morgan fingerprint density at radius 1 is 1.24 bits per heavy atom. The molecule has 0 amide bonds. The van der Waals surface area contributed by atoms with Gasteiger partial charge in [-0.15, -0.1) is 0 Å². The first-order valence-corrected chi connectivity index (χ1v) is 7.73. The zero-order valence-corrected chi connectivity index (χ0v) is 13.6. The van der Waals surface area contributed by atoms with Gasteiger partial charge >= 0.3 is 0 Å². The van der Waals surface area contributed by atoms with Crippen LogP contribution >= 0.6 is 0 Å². The molecule has 2 rings (SSSR count). The number of likely N-dealkylation sites (N-methyl/N-ethyl adjacent to an activating group) is 1. The fourth-order valence-corrected chi connectivity index (χ4v) is 3.26. The second-order valence-corrected chi connectivity index (χ2v) is 6.46. The summed E-state index contributed by atoms with van der Waals surface area (Å²) >= 11 is 0. The van der Waals surface area contributed by atoms with E-state index in [4.69, 9.17) is 5.84 Å². The van der Waals surface area contributed by atoms with Gasteiger partial charge in [0.2, 0.25) is 0 Å². The van der Waals surface area contributed by atoms with Crippen LogP contribution in [-0.2, 0) is 0 Å². The fraction of sp³-hybridized carbons (Fsp3) is 0.733. The van der Waals surface area contributed by atoms with Crippen LogP contribution in [0.25, 0.3) is 0 Å². The van der Waals surface area contributed by atoms with Crippen molar-refractivity contribution in [3.8, 4) is 0 Å². The van der Waals surface area contributed by atoms with Crippen molar-refractivity contribution >= 4 is 11.6 Å². The summed E-state index contributed by atoms with van der Waals surface area (Å²) in [4.78, 5) is 11.0. The number of nitrogens with one attached hydrogen (secondary N) is 2. The predicted molar refractivity (Wildman–Crippen MR) is 87.3 cm³/mol. The molecule has 0 unspecified atom stereocenters. The molecule has 21 heavy (non-hydrogen) atoms. The maximum absolute atomic E-state index is 5.57. The number of hydrogen-bond acceptors (Lipinski definition) is 6. The van der Waals surface area contributed by atoms with Crippen molar-refractivity contribution in [1.29, 1.82) is 0 Å². The van der Waals surface area contributed by atoms with Crippen LogP contribution in [0.5, 0.6) is 0 Å². The summed E-state index contributed by atoms with van der Waals surface area (Å²) in [6.45, 7) is 5.16. The van der Waals surface area contributed by atoms with E-state index in [1.54, 1.807) is 6.33 Å². The van der Waals surface area contributed by atoms with E-state index in [1.807, 2.05) is 0 Å². The van der Waals surface area contributed by atoms with Crippen LogP contribution < -0.4 is 16.6 Å². The maximum atomic E-state index is 5.57. The van der Waals surface area contributed by atoms with Crippen molar-refractivity contribution in [1.82, 2.24) is 14.9 Å². The van der Waals surface area contributed by atoms with Gasteiger partial charge in [0.25, 0.3) is 0 Å². The van der Waals surface area contributed by atoms with E-state index in [2.05, 4.69) is 53.6 Å². The molecule has 0 radical (unpaired) electrons. The van der Waals surface area contributed by atoms with Crippen LogP contribution in [-0.4, -0.2) is 41.0 Å². The number of hydrogen-bond donors (Lipinski definition) is 3. The van der Waals surface area contributed by atoms with Crippen molar-refractivity contribution in [3.63, 3.8) is 0 Å². The summed E-state index contributed by atoms with van der Waals surface area (Å²) in [7, 11) is 4.34. The molecule has 0 aromatic carbocycles. The Labute approximate surface area is 127 Å². The molecule has 4 N–H and O–H groups in total. The topological polar surface area (TPSA) is 79.1 Å². The minimum atomic E-state index is 0.232. The highest BCUT2D eigenvalue weighted by Crippen LogP contribution is 2.35. The van der Waals surface area contributed by atoms with Crippen LogP contribution in [0.4, 0.5) is 11.6 Å². The van der Waals surface area contributed by atoms with Crippen LogP contribution in [0.2, 0.25) is 0 Å². The summed E-state index contributed by atoms with van der Waals surface area (Å²) < 4.78 is 0. The zero-order valence-electron chi connectivity index (χ0n) is 13.6. The van der Waals surface area contributed by atoms with Gasteiger partial charge in [-0.2, -0.15) is 0 Å². The third-order valence-corrected chi connectivity index (χ3v) is 4.67. The Kier molecular flexibility index (Phi) is 5.00. The maximum Gasteiger partial charge on any atom is 0.148 e. The quantitative estimate of drug-likeness (QED) is 0.551. The van der Waals surface area contributed by atoms with E-state index >= 15 is 0 Å². The highest BCUT2D eigenvalue weighted by Gasteiger charge is 2.36. The van der Waals surface area contributed by atoms with Gasteiger partial charge in [0.15, 0.2) is 0 Å². The Bertz CT molecular complexity index is 465. The molecule has 1 aliphatic carbocycles. The summed E-state index contributed by atoms with van der Waals surface area (Å²) in [5, 5.41) is 3.55. The molecule has 1 aromatic rings. The highest BCUT2D eigenvalue weighted by molar-refractivity contribution is 5.58. The predicted octanol–water partition coefficient (Wildman–Crippen LogP) is 2.17. The van der Waals surface area contributed by atoms with E-state index in [1.165, 1.54) is 25.7 Å². The lowest BCUT2D eigenvalue weighted by Gasteiger charge is -2.37. The van der Waals surface area contributed by atoms with Crippen LogP contribution in [0.3, 0.4) is 0 Å². The van der Waals surface area contributed by atoms with Crippen molar-refractivity contribution in [2.45, 2.75) is 51.0 Å². The van der Waals surface area contributed by atoms with E-state index in [-0.39, 0.29) is 5.54 Å². The number of aromatic nitrogens is 2. The Morgan fingerprint density at radius 2 is 1.86 bits per heavy atom. The lowest BCUT2D eigenvalue weighted by Crippen LogP contribution is -2.47. The smallest absolute Gasteiger partial charge is 0.148 e. The highest BCUT2D eigenvalue weighted by atomic mass is 15.3. The molecule has 0 spiro atoms. The minimum absolute atomic E-state index is 0.232. The van der Waals surface area contributed by atoms with Gasteiger partial charge in [-0.1, -0.05) is 26.7 Å². The average Bonchev–Trinajstić information content (AvgIpc) is 2.94. The third-order valence-electron chi connectivity index (χ3n) is 4.67. The zero-order chi connectivity index (χ0) is 15.5. The van der Waals surface area contributed by atoms with Gasteiger partial charge in [0.1, 0.15) is 18.0 Å². The van der Waals surface area contributed by atoms with Gasteiger partial charge in [-0.3, -0.25) is 0 Å². The lowest BCUT2D eigenvalue weighted by molar-refractivity contribution is 0.172. The van der Waals surface area contributed by atoms with E-state index in [0.717, 1.165) is 17.9 Å². The first-order valence-electron chi connectivity index (χ1n) is 7.73. The fourth-order valence-electron chi connectivity index (χ4n) is 3.26. The van der Waals surface area contributed by atoms with Crippen molar-refractivity contribution in [3.05, 3.63) is 11.9 Å². The van der Waals surface area contributed by atoms with Gasteiger partial charge < -0.3 is 15.6 Å². The van der Waals surface area contributed by atoms with Gasteiger partial charge in [-0.05, 0) is 32.9 Å². The van der Waals surface area contributed by atoms with Crippen LogP contribution in [0.15, 0.2) is 6.33 Å². The summed E-state index contributed by atoms with van der Waals surface area (Å²) in [6.07, 6.45) is 6.63. The molecular weight excluding hydrogens is 264 g/mol. The second-order valence-electron chi connectivity index (χ2n) is 6.46. The molecule has 0 saturated heterocycles. The summed E-state index contributed by atoms with van der Waals surface area (Å²) in [5.74, 6) is 7.47. The number of nitrogens with zero attached hydrogens (tertiary/aromatic N) is 3. The second kappa shape index (κ2) is 6.58. The molecule has 1 saturated carbocycles. The molecule has 1 aromatic heterocycles. The van der Waals surface area contributed by atoms with Gasteiger partial charge in [-0.25, -0.2) is 15.8 Å². The number of hydrazine groups is 1. The number of nitrogens with two attached hydrogens (primary N) is 1. The Balaban J connectivity index is 2.20. The van der Waals surface area contributed by atoms with E-state index in [0.29, 0.717) is 11.7 Å². The molecular formula is C15H28N6. The van der Waals surface area contributed by atoms with Crippen molar-refractivity contribution < 1.29 is 0 Å². The standard InChI is InChI=1S/C15H28N6/c1-11(2)12-13(18-10-19-14(12)20-16)17-9-15(21(3)4)7-5-6-8-15/h10-11H,5-9,16H2,1-4H3,(H2,17,18,19,20). The largest absolute Gasteiger partial charge is 0.368 e. The normalized spacial score (nSPS) is 17.5. The first kappa shape index (κ1) is 16.0. The molecule has 118 valence electrons. The number of nitrogen functional groups attached to an aromatic ring is 1. The molecule has 0 atom stereocenters. The van der Waals surface area contributed by atoms with Crippen LogP contribution in [0.1, 0.15) is 51.0 Å². The SMILES string of the molecule is CC(C)c1c(NN)ncnc1NCC1(N(C)C)CCCC1. The van der Waals surface area contributed by atoms with E-state index < -0.39 is 0 Å². The summed E-state index contributed by atoms with van der Waals surface area (Å²) in [5.41, 5.74) is 3.96. The average molecular weight is 292 g/mol. The molecule has 0 bridgehead atoms. The third kappa shape index (κ3) is 3.27. The van der Waals surface area contributed by atoms with Gasteiger partial charge in [0, 0.05) is 17.6 Å². The van der Waals surface area contributed by atoms with Crippen molar-refractivity contribution in [2.24, 2.45) is 5.84 Å². The van der Waals surface area contributed by atoms with E-state index in [9.17, 15) is 0 Å². The molecule has 0 aliphatic heterocycles. The molecule has 1 heterocycles. The lowest BCUT2D eigenvalue weighted by atomic mass is 9.95. The Morgan fingerprint density at radius 3 is 2.38 bits per heavy atom. The Hall–Kier alpha value is -1.40. The van der Waals surface area contributed by atoms with Gasteiger partial charge in [0.05, 0.1) is 0 Å². The number of anilines is 2. The van der Waals surface area contributed by atoms with Crippen molar-refractivity contribution in [2.75, 3.05) is 31.4 Å². The molecule has 6 nitrogen and oxygen atoms in total. The molecule has 1 aliphatic rings. The first-order chi connectivity index (χ1) is 10.00. The monoisotopic (exact) mass is 292 g/mol. The summed E-state index contributed by atoms with van der Waals surface area (Å²) in [6, 6.07) is 0. The minimum Gasteiger partial charge on any atom is -0.368 e.